The lowest BCUT2D eigenvalue weighted by Crippen LogP contribution is -2.45. The summed E-state index contributed by atoms with van der Waals surface area (Å²) in [6, 6.07) is -0.606. The highest BCUT2D eigenvalue weighted by Crippen LogP contribution is 2.08. The molecule has 2 atom stereocenters. The molecule has 0 aromatic heterocycles. The van der Waals surface area contributed by atoms with Crippen LogP contribution in [0.25, 0.3) is 0 Å². The van der Waals surface area contributed by atoms with E-state index in [2.05, 4.69) is 19.2 Å². The van der Waals surface area contributed by atoms with E-state index in [0.29, 0.717) is 6.42 Å². The number of rotatable bonds is 14. The SMILES string of the molecule is CCC/C=C/C(O)C(CO)NC(=O)CCCCCCCCC. The van der Waals surface area contributed by atoms with E-state index in [0.717, 1.165) is 25.7 Å². The molecule has 2 unspecified atom stereocenters. The van der Waals surface area contributed by atoms with E-state index in [1.807, 2.05) is 6.08 Å². The zero-order chi connectivity index (χ0) is 16.6. The molecule has 4 heteroatoms. The van der Waals surface area contributed by atoms with Crippen molar-refractivity contribution in [1.82, 2.24) is 5.32 Å². The predicted octanol–water partition coefficient (Wildman–Crippen LogP) is 3.32. The molecule has 4 nitrogen and oxygen atoms in total. The second kappa shape index (κ2) is 15.0. The standard InChI is InChI=1S/C18H35NO3/c1-3-5-7-8-9-10-12-14-18(22)19-16(15-20)17(21)13-11-6-4-2/h11,13,16-17,20-21H,3-10,12,14-15H2,1-2H3,(H,19,22)/b13-11+. The number of amides is 1. The molecule has 0 rings (SSSR count). The Morgan fingerprint density at radius 1 is 1.05 bits per heavy atom. The zero-order valence-corrected chi connectivity index (χ0v) is 14.4. The van der Waals surface area contributed by atoms with Crippen LogP contribution in [0.2, 0.25) is 0 Å². The summed E-state index contributed by atoms with van der Waals surface area (Å²) in [5.41, 5.74) is 0. The second-order valence-corrected chi connectivity index (χ2v) is 5.94. The summed E-state index contributed by atoms with van der Waals surface area (Å²) >= 11 is 0. The van der Waals surface area contributed by atoms with Gasteiger partial charge in [-0.15, -0.1) is 0 Å². The first-order valence-corrected chi connectivity index (χ1v) is 8.90. The summed E-state index contributed by atoms with van der Waals surface area (Å²) in [5.74, 6) is -0.0875. The van der Waals surface area contributed by atoms with Gasteiger partial charge in [-0.25, -0.2) is 0 Å². The first-order chi connectivity index (χ1) is 10.7. The van der Waals surface area contributed by atoms with Crippen LogP contribution in [0.1, 0.15) is 78.1 Å². The fourth-order valence-corrected chi connectivity index (χ4v) is 2.30. The summed E-state index contributed by atoms with van der Waals surface area (Å²) in [7, 11) is 0. The van der Waals surface area contributed by atoms with Gasteiger partial charge in [-0.05, 0) is 12.8 Å². The average Bonchev–Trinajstić information content (AvgIpc) is 2.51. The molecule has 0 bridgehead atoms. The fourth-order valence-electron chi connectivity index (χ4n) is 2.30. The number of carbonyl (C=O) groups excluding carboxylic acids is 1. The molecule has 0 radical (unpaired) electrons. The highest BCUT2D eigenvalue weighted by molar-refractivity contribution is 5.76. The van der Waals surface area contributed by atoms with Crippen molar-refractivity contribution in [1.29, 1.82) is 0 Å². The minimum atomic E-state index is -0.824. The van der Waals surface area contributed by atoms with Gasteiger partial charge in [-0.1, -0.05) is 70.9 Å². The molecule has 0 saturated heterocycles. The van der Waals surface area contributed by atoms with Crippen LogP contribution in [0.5, 0.6) is 0 Å². The smallest absolute Gasteiger partial charge is 0.220 e. The normalized spacial score (nSPS) is 14.2. The number of hydrogen-bond acceptors (Lipinski definition) is 3. The molecule has 3 N–H and O–H groups in total. The number of allylic oxidation sites excluding steroid dienone is 1. The lowest BCUT2D eigenvalue weighted by atomic mass is 10.1. The van der Waals surface area contributed by atoms with E-state index in [1.165, 1.54) is 32.1 Å². The topological polar surface area (TPSA) is 69.6 Å². The molecule has 22 heavy (non-hydrogen) atoms. The Morgan fingerprint density at radius 3 is 2.27 bits per heavy atom. The van der Waals surface area contributed by atoms with Crippen molar-refractivity contribution < 1.29 is 15.0 Å². The zero-order valence-electron chi connectivity index (χ0n) is 14.4. The number of aliphatic hydroxyl groups excluding tert-OH is 2. The van der Waals surface area contributed by atoms with E-state index in [1.54, 1.807) is 6.08 Å². The van der Waals surface area contributed by atoms with Crippen LogP contribution in [0.4, 0.5) is 0 Å². The average molecular weight is 313 g/mol. The van der Waals surface area contributed by atoms with Crippen molar-refractivity contribution in [2.24, 2.45) is 0 Å². The minimum Gasteiger partial charge on any atom is -0.394 e. The largest absolute Gasteiger partial charge is 0.394 e. The van der Waals surface area contributed by atoms with Crippen molar-refractivity contribution in [3.8, 4) is 0 Å². The molecule has 0 saturated carbocycles. The predicted molar refractivity (Wildman–Crippen MR) is 91.7 cm³/mol. The highest BCUT2D eigenvalue weighted by atomic mass is 16.3. The first-order valence-electron chi connectivity index (χ1n) is 8.90. The van der Waals surface area contributed by atoms with Gasteiger partial charge in [0.2, 0.25) is 5.91 Å². The van der Waals surface area contributed by atoms with Gasteiger partial charge in [0.15, 0.2) is 0 Å². The Kier molecular flexibility index (Phi) is 14.4. The molecule has 130 valence electrons. The molecule has 0 spiro atoms. The molecule has 0 aromatic carbocycles. The number of unbranched alkanes of at least 4 members (excludes halogenated alkanes) is 7. The van der Waals surface area contributed by atoms with Crippen molar-refractivity contribution in [2.75, 3.05) is 6.61 Å². The third kappa shape index (κ3) is 11.8. The van der Waals surface area contributed by atoms with E-state index >= 15 is 0 Å². The van der Waals surface area contributed by atoms with Crippen LogP contribution in [-0.2, 0) is 4.79 Å². The summed E-state index contributed by atoms with van der Waals surface area (Å²) in [5, 5.41) is 21.9. The van der Waals surface area contributed by atoms with Crippen molar-refractivity contribution in [3.63, 3.8) is 0 Å². The molecule has 0 aliphatic carbocycles. The number of aliphatic hydroxyl groups is 2. The van der Waals surface area contributed by atoms with Gasteiger partial charge < -0.3 is 15.5 Å². The van der Waals surface area contributed by atoms with Gasteiger partial charge in [0.1, 0.15) is 0 Å². The van der Waals surface area contributed by atoms with Crippen LogP contribution >= 0.6 is 0 Å². The van der Waals surface area contributed by atoms with Gasteiger partial charge in [0.25, 0.3) is 0 Å². The van der Waals surface area contributed by atoms with Gasteiger partial charge in [0.05, 0.1) is 18.8 Å². The van der Waals surface area contributed by atoms with E-state index in [9.17, 15) is 15.0 Å². The van der Waals surface area contributed by atoms with Gasteiger partial charge >= 0.3 is 0 Å². The van der Waals surface area contributed by atoms with Crippen molar-refractivity contribution in [2.45, 2.75) is 90.2 Å². The molecule has 0 fully saturated rings. The molecule has 0 aromatic rings. The Morgan fingerprint density at radius 2 is 1.68 bits per heavy atom. The lowest BCUT2D eigenvalue weighted by molar-refractivity contribution is -0.123. The number of carbonyl (C=O) groups is 1. The molecule has 1 amide bonds. The van der Waals surface area contributed by atoms with Crippen LogP contribution < -0.4 is 5.32 Å². The van der Waals surface area contributed by atoms with Gasteiger partial charge in [-0.3, -0.25) is 4.79 Å². The van der Waals surface area contributed by atoms with Gasteiger partial charge in [0, 0.05) is 6.42 Å². The molecular formula is C18H35NO3. The maximum absolute atomic E-state index is 11.8. The van der Waals surface area contributed by atoms with Crippen LogP contribution in [0, 0.1) is 0 Å². The van der Waals surface area contributed by atoms with E-state index < -0.39 is 12.1 Å². The first kappa shape index (κ1) is 21.1. The third-order valence-corrected chi connectivity index (χ3v) is 3.75. The number of hydrogen-bond donors (Lipinski definition) is 3. The van der Waals surface area contributed by atoms with Crippen molar-refractivity contribution in [3.05, 3.63) is 12.2 Å². The van der Waals surface area contributed by atoms with E-state index in [-0.39, 0.29) is 12.5 Å². The third-order valence-electron chi connectivity index (χ3n) is 3.75. The van der Waals surface area contributed by atoms with Crippen LogP contribution in [0.15, 0.2) is 12.2 Å². The number of nitrogens with one attached hydrogen (secondary N) is 1. The van der Waals surface area contributed by atoms with Crippen molar-refractivity contribution >= 4 is 5.91 Å². The lowest BCUT2D eigenvalue weighted by Gasteiger charge is -2.19. The molecule has 0 heterocycles. The monoisotopic (exact) mass is 313 g/mol. The summed E-state index contributed by atoms with van der Waals surface area (Å²) in [6.45, 7) is 4.01. The highest BCUT2D eigenvalue weighted by Gasteiger charge is 2.17. The molecular weight excluding hydrogens is 278 g/mol. The Labute approximate surface area is 136 Å². The van der Waals surface area contributed by atoms with Crippen LogP contribution in [-0.4, -0.2) is 34.9 Å². The Bertz CT molecular complexity index is 292. The summed E-state index contributed by atoms with van der Waals surface area (Å²) in [6.07, 6.45) is 13.3. The van der Waals surface area contributed by atoms with Gasteiger partial charge in [-0.2, -0.15) is 0 Å². The molecule has 0 aliphatic rings. The summed E-state index contributed by atoms with van der Waals surface area (Å²) < 4.78 is 0. The maximum Gasteiger partial charge on any atom is 0.220 e. The van der Waals surface area contributed by atoms with Crippen LogP contribution in [0.3, 0.4) is 0 Å². The van der Waals surface area contributed by atoms with E-state index in [4.69, 9.17) is 0 Å². The fraction of sp³-hybridized carbons (Fsp3) is 0.833. The molecule has 0 aliphatic heterocycles. The quantitative estimate of drug-likeness (QED) is 0.340. The second-order valence-electron chi connectivity index (χ2n) is 5.94. The Balaban J connectivity index is 3.82. The maximum atomic E-state index is 11.8. The summed E-state index contributed by atoms with van der Waals surface area (Å²) in [4.78, 5) is 11.8. The Hall–Kier alpha value is -0.870. The minimum absolute atomic E-state index is 0.0875.